The topological polar surface area (TPSA) is 3.24 Å². The summed E-state index contributed by atoms with van der Waals surface area (Å²) in [6, 6.07) is 0. The van der Waals surface area contributed by atoms with Crippen LogP contribution in [0.2, 0.25) is 0 Å². The van der Waals surface area contributed by atoms with E-state index in [4.69, 9.17) is 0 Å². The molecule has 1 aliphatic rings. The second-order valence-corrected chi connectivity index (χ2v) is 7.83. The molecule has 0 spiro atoms. The van der Waals surface area contributed by atoms with Gasteiger partial charge in [0.25, 0.3) is 0 Å². The zero-order valence-electron chi connectivity index (χ0n) is 15.8. The molecule has 0 saturated heterocycles. The van der Waals surface area contributed by atoms with Gasteiger partial charge >= 0.3 is 0 Å². The molecule has 1 unspecified atom stereocenters. The molecular weight excluding hydrogens is 266 g/mol. The zero-order chi connectivity index (χ0) is 16.9. The third-order valence-corrected chi connectivity index (χ3v) is 4.73. The highest BCUT2D eigenvalue weighted by molar-refractivity contribution is 5.42. The van der Waals surface area contributed by atoms with Gasteiger partial charge < -0.3 is 4.90 Å². The van der Waals surface area contributed by atoms with Crippen LogP contribution in [0, 0.1) is 5.92 Å². The minimum Gasteiger partial charge on any atom is -0.301 e. The summed E-state index contributed by atoms with van der Waals surface area (Å²) < 4.78 is 0. The van der Waals surface area contributed by atoms with Gasteiger partial charge in [0.05, 0.1) is 0 Å². The lowest BCUT2D eigenvalue weighted by atomic mass is 9.90. The van der Waals surface area contributed by atoms with Crippen molar-refractivity contribution in [3.63, 3.8) is 0 Å². The van der Waals surface area contributed by atoms with Crippen LogP contribution in [0.3, 0.4) is 0 Å². The fourth-order valence-electron chi connectivity index (χ4n) is 2.87. The first-order chi connectivity index (χ1) is 10.1. The Morgan fingerprint density at radius 1 is 1.32 bits per heavy atom. The van der Waals surface area contributed by atoms with Crippen LogP contribution in [0.25, 0.3) is 0 Å². The highest BCUT2D eigenvalue weighted by Gasteiger charge is 2.21. The van der Waals surface area contributed by atoms with Crippen LogP contribution in [0.4, 0.5) is 0 Å². The molecule has 0 N–H and O–H groups in total. The van der Waals surface area contributed by atoms with E-state index in [1.54, 1.807) is 5.57 Å². The maximum absolute atomic E-state index is 4.01. The summed E-state index contributed by atoms with van der Waals surface area (Å²) in [6.45, 7) is 18.6. The van der Waals surface area contributed by atoms with Gasteiger partial charge in [-0.15, -0.1) is 0 Å². The van der Waals surface area contributed by atoms with E-state index in [1.165, 1.54) is 30.4 Å². The molecule has 1 aliphatic carbocycles. The third kappa shape index (κ3) is 5.61. The molecule has 1 atom stereocenters. The summed E-state index contributed by atoms with van der Waals surface area (Å²) in [4.78, 5) is 2.45. The summed E-state index contributed by atoms with van der Waals surface area (Å²) in [5.41, 5.74) is 5.81. The number of hydrogen-bond acceptors (Lipinski definition) is 1. The lowest BCUT2D eigenvalue weighted by molar-refractivity contribution is 0.161. The Morgan fingerprint density at radius 3 is 2.41 bits per heavy atom. The summed E-state index contributed by atoms with van der Waals surface area (Å²) >= 11 is 0. The highest BCUT2D eigenvalue weighted by atomic mass is 15.2. The average Bonchev–Trinajstić information content (AvgIpc) is 2.90. The van der Waals surface area contributed by atoms with Crippen molar-refractivity contribution in [2.75, 3.05) is 13.6 Å². The summed E-state index contributed by atoms with van der Waals surface area (Å²) in [6.07, 6.45) is 10.6. The first-order valence-electron chi connectivity index (χ1n) is 8.58. The van der Waals surface area contributed by atoms with Gasteiger partial charge in [-0.1, -0.05) is 37.3 Å². The Morgan fingerprint density at radius 2 is 1.95 bits per heavy atom. The van der Waals surface area contributed by atoms with Crippen molar-refractivity contribution in [1.82, 2.24) is 4.90 Å². The largest absolute Gasteiger partial charge is 0.301 e. The normalized spacial score (nSPS) is 18.6. The first kappa shape index (κ1) is 19.0. The van der Waals surface area contributed by atoms with Gasteiger partial charge in [0.2, 0.25) is 0 Å². The van der Waals surface area contributed by atoms with Crippen molar-refractivity contribution in [2.24, 2.45) is 5.92 Å². The van der Waals surface area contributed by atoms with Crippen molar-refractivity contribution >= 4 is 0 Å². The average molecular weight is 302 g/mol. The van der Waals surface area contributed by atoms with E-state index in [9.17, 15) is 0 Å². The van der Waals surface area contributed by atoms with E-state index in [2.05, 4.69) is 78.3 Å². The highest BCUT2D eigenvalue weighted by Crippen LogP contribution is 2.30. The van der Waals surface area contributed by atoms with Crippen LogP contribution in [-0.4, -0.2) is 24.0 Å². The molecular formula is C21H35N. The molecule has 0 aliphatic heterocycles. The van der Waals surface area contributed by atoms with E-state index in [0.717, 1.165) is 12.1 Å². The Hall–Kier alpha value is -1.08. The smallest absolute Gasteiger partial charge is 0.0122 e. The minimum atomic E-state index is 0.206. The quantitative estimate of drug-likeness (QED) is 0.551. The van der Waals surface area contributed by atoms with Gasteiger partial charge in [0.1, 0.15) is 0 Å². The van der Waals surface area contributed by atoms with Gasteiger partial charge in [-0.05, 0) is 83.6 Å². The number of hydrogen-bond donors (Lipinski definition) is 0. The maximum Gasteiger partial charge on any atom is 0.0122 e. The van der Waals surface area contributed by atoms with Crippen LogP contribution in [0.1, 0.15) is 60.8 Å². The third-order valence-electron chi connectivity index (χ3n) is 4.73. The number of allylic oxidation sites excluding steroid dienone is 6. The molecule has 0 aromatic carbocycles. The zero-order valence-corrected chi connectivity index (χ0v) is 15.8. The van der Waals surface area contributed by atoms with Crippen molar-refractivity contribution in [1.29, 1.82) is 0 Å². The number of nitrogens with zero attached hydrogens (tertiary/aromatic N) is 1. The van der Waals surface area contributed by atoms with Gasteiger partial charge in [0.15, 0.2) is 0 Å². The number of rotatable bonds is 6. The van der Waals surface area contributed by atoms with E-state index >= 15 is 0 Å². The molecule has 1 heteroatoms. The van der Waals surface area contributed by atoms with Crippen LogP contribution < -0.4 is 0 Å². The Balaban J connectivity index is 3.04. The molecule has 22 heavy (non-hydrogen) atoms. The molecule has 0 heterocycles. The molecule has 0 fully saturated rings. The fraction of sp³-hybridized carbons (Fsp3) is 0.619. The van der Waals surface area contributed by atoms with Crippen LogP contribution in [0.15, 0.2) is 47.1 Å². The standard InChI is InChI=1S/C21H35N/c1-16(2)13-14-20(18(4)19-11-9-10-12-19)17(3)15-22(8)21(5,6)7/h11,13-14,17H,1,9-10,12,15H2,2-8H3/b14-13-,20-18-. The van der Waals surface area contributed by atoms with Crippen molar-refractivity contribution in [3.8, 4) is 0 Å². The van der Waals surface area contributed by atoms with Crippen molar-refractivity contribution in [3.05, 3.63) is 47.1 Å². The second kappa shape index (κ2) is 7.97. The van der Waals surface area contributed by atoms with Gasteiger partial charge in [0, 0.05) is 12.1 Å². The predicted octanol–water partition coefficient (Wildman–Crippen LogP) is 5.91. The Bertz CT molecular complexity index is 483. The van der Waals surface area contributed by atoms with E-state index < -0.39 is 0 Å². The van der Waals surface area contributed by atoms with Crippen LogP contribution >= 0.6 is 0 Å². The molecule has 1 rings (SSSR count). The summed E-state index contributed by atoms with van der Waals surface area (Å²) in [5, 5.41) is 0. The van der Waals surface area contributed by atoms with Crippen molar-refractivity contribution < 1.29 is 0 Å². The van der Waals surface area contributed by atoms with Crippen LogP contribution in [0.5, 0.6) is 0 Å². The molecule has 0 amide bonds. The van der Waals surface area contributed by atoms with E-state index in [0.29, 0.717) is 5.92 Å². The lowest BCUT2D eigenvalue weighted by Gasteiger charge is -2.34. The van der Waals surface area contributed by atoms with E-state index in [1.807, 2.05) is 0 Å². The Labute approximate surface area is 138 Å². The van der Waals surface area contributed by atoms with Gasteiger partial charge in [-0.3, -0.25) is 0 Å². The molecule has 0 bridgehead atoms. The molecule has 0 saturated carbocycles. The predicted molar refractivity (Wildman–Crippen MR) is 100 cm³/mol. The maximum atomic E-state index is 4.01. The summed E-state index contributed by atoms with van der Waals surface area (Å²) in [5.74, 6) is 0.515. The summed E-state index contributed by atoms with van der Waals surface area (Å²) in [7, 11) is 2.22. The van der Waals surface area contributed by atoms with Crippen LogP contribution in [-0.2, 0) is 0 Å². The minimum absolute atomic E-state index is 0.206. The molecule has 1 nitrogen and oxygen atoms in total. The molecule has 0 aromatic heterocycles. The monoisotopic (exact) mass is 301 g/mol. The van der Waals surface area contributed by atoms with Crippen molar-refractivity contribution in [2.45, 2.75) is 66.3 Å². The van der Waals surface area contributed by atoms with Gasteiger partial charge in [-0.2, -0.15) is 0 Å². The van der Waals surface area contributed by atoms with Gasteiger partial charge in [-0.25, -0.2) is 0 Å². The molecule has 0 radical (unpaired) electrons. The fourth-order valence-corrected chi connectivity index (χ4v) is 2.87. The first-order valence-corrected chi connectivity index (χ1v) is 8.58. The Kier molecular flexibility index (Phi) is 6.87. The molecule has 0 aromatic rings. The SMILES string of the molecule is C=C(C)/C=C\C(=C(/C)C1=CCCC1)C(C)CN(C)C(C)(C)C. The molecule has 124 valence electrons. The van der Waals surface area contributed by atoms with E-state index in [-0.39, 0.29) is 5.54 Å². The lowest BCUT2D eigenvalue weighted by Crippen LogP contribution is -2.40. The second-order valence-electron chi connectivity index (χ2n) is 7.83.